The Balaban J connectivity index is 0. The Morgan fingerprint density at radius 3 is 1.29 bits per heavy atom. The molecule has 0 aliphatic carbocycles. The fourth-order valence-electron chi connectivity index (χ4n) is 3.18. The minimum absolute atomic E-state index is 0.0567. The normalized spacial score (nSPS) is 14.5. The highest BCUT2D eigenvalue weighted by Gasteiger charge is 2.33. The predicted octanol–water partition coefficient (Wildman–Crippen LogP) is 1.70. The van der Waals surface area contributed by atoms with Crippen LogP contribution in [0.15, 0.2) is 0 Å². The first-order chi connectivity index (χ1) is 17.2. The minimum atomic E-state index is -0.995. The molecule has 220 valence electrons. The molecular weight excluding hydrogens is 508 g/mol. The van der Waals surface area contributed by atoms with Crippen molar-refractivity contribution in [3.8, 4) is 0 Å². The molecule has 1 aliphatic rings. The maximum absolute atomic E-state index is 11.6. The SMILES string of the molecule is CC(C)(CC(=O)O)CC(=O)OCCOC(=O)CC(C)(C)CC(=O)O.CC1(C)CC(=O)OC(=O)C1.OCCO. The van der Waals surface area contributed by atoms with Gasteiger partial charge in [0, 0.05) is 0 Å². The maximum Gasteiger partial charge on any atom is 0.313 e. The van der Waals surface area contributed by atoms with Gasteiger partial charge in [-0.2, -0.15) is 0 Å². The van der Waals surface area contributed by atoms with Gasteiger partial charge in [0.2, 0.25) is 0 Å². The van der Waals surface area contributed by atoms with E-state index in [0.717, 1.165) is 0 Å². The second-order valence-electron chi connectivity index (χ2n) is 11.1. The van der Waals surface area contributed by atoms with Gasteiger partial charge in [0.25, 0.3) is 0 Å². The van der Waals surface area contributed by atoms with Crippen LogP contribution in [0, 0.1) is 16.2 Å². The van der Waals surface area contributed by atoms with E-state index >= 15 is 0 Å². The summed E-state index contributed by atoms with van der Waals surface area (Å²) in [5, 5.41) is 32.7. The van der Waals surface area contributed by atoms with Crippen LogP contribution in [-0.2, 0) is 43.0 Å². The van der Waals surface area contributed by atoms with Crippen LogP contribution in [0.4, 0.5) is 0 Å². The average molecular weight is 551 g/mol. The smallest absolute Gasteiger partial charge is 0.313 e. The molecule has 0 atom stereocenters. The van der Waals surface area contributed by atoms with Crippen molar-refractivity contribution in [2.75, 3.05) is 26.4 Å². The topological polar surface area (TPSA) is 211 Å². The quantitative estimate of drug-likeness (QED) is 0.118. The van der Waals surface area contributed by atoms with E-state index in [4.69, 9.17) is 29.9 Å². The van der Waals surface area contributed by atoms with Crippen LogP contribution in [0.25, 0.3) is 0 Å². The molecule has 38 heavy (non-hydrogen) atoms. The van der Waals surface area contributed by atoms with E-state index in [9.17, 15) is 28.8 Å². The molecule has 0 unspecified atom stereocenters. The van der Waals surface area contributed by atoms with Gasteiger partial charge in [-0.05, 0) is 16.2 Å². The summed E-state index contributed by atoms with van der Waals surface area (Å²) in [6.45, 7) is 9.83. The number of aliphatic carboxylic acids is 2. The van der Waals surface area contributed by atoms with Gasteiger partial charge in [0.05, 0.1) is 51.7 Å². The minimum Gasteiger partial charge on any atom is -0.481 e. The Labute approximate surface area is 222 Å². The van der Waals surface area contributed by atoms with Crippen molar-refractivity contribution in [3.63, 3.8) is 0 Å². The Hall–Kier alpha value is -3.06. The molecule has 1 rings (SSSR count). The Morgan fingerprint density at radius 2 is 1.05 bits per heavy atom. The number of carboxylic acid groups (broad SMARTS) is 2. The fraction of sp³-hybridized carbons (Fsp3) is 0.760. The summed E-state index contributed by atoms with van der Waals surface area (Å²) >= 11 is 0. The number of hydrogen-bond acceptors (Lipinski definition) is 11. The number of esters is 4. The number of carboxylic acids is 2. The van der Waals surface area contributed by atoms with Crippen molar-refractivity contribution in [2.45, 2.75) is 80.1 Å². The zero-order chi connectivity index (χ0) is 30.2. The van der Waals surface area contributed by atoms with E-state index in [1.165, 1.54) is 0 Å². The number of carbonyl (C=O) groups is 6. The van der Waals surface area contributed by atoms with Crippen LogP contribution in [0.1, 0.15) is 80.1 Å². The monoisotopic (exact) mass is 550 g/mol. The summed E-state index contributed by atoms with van der Waals surface area (Å²) in [4.78, 5) is 65.9. The first kappa shape index (κ1) is 37.1. The molecule has 4 N–H and O–H groups in total. The number of carbonyl (C=O) groups excluding carboxylic acids is 4. The van der Waals surface area contributed by atoms with Gasteiger partial charge in [0.1, 0.15) is 13.2 Å². The standard InChI is InChI=1S/C16H26O8.C7H10O3.C2H6O2/c1-15(2,7-11(17)18)9-13(21)23-5-6-24-14(22)10-16(3,4)8-12(19)20;1-7(2)3-5(8)10-6(9)4-7;3-1-2-4/h5-10H2,1-4H3,(H,17,18)(H,19,20);3-4H2,1-2H3;3-4H,1-2H2. The number of ether oxygens (including phenoxy) is 3. The molecule has 13 nitrogen and oxygen atoms in total. The summed E-state index contributed by atoms with van der Waals surface area (Å²) < 4.78 is 14.1. The molecule has 1 saturated heterocycles. The second kappa shape index (κ2) is 17.4. The van der Waals surface area contributed by atoms with Crippen LogP contribution < -0.4 is 0 Å². The van der Waals surface area contributed by atoms with E-state index in [-0.39, 0.29) is 57.5 Å². The van der Waals surface area contributed by atoms with Crippen molar-refractivity contribution in [1.29, 1.82) is 0 Å². The molecule has 13 heteroatoms. The third-order valence-electron chi connectivity index (χ3n) is 4.69. The van der Waals surface area contributed by atoms with E-state index in [1.54, 1.807) is 27.7 Å². The molecule has 0 radical (unpaired) electrons. The lowest BCUT2D eigenvalue weighted by atomic mass is 9.84. The molecule has 0 amide bonds. The lowest BCUT2D eigenvalue weighted by Crippen LogP contribution is -2.30. The van der Waals surface area contributed by atoms with Gasteiger partial charge in [-0.1, -0.05) is 41.5 Å². The fourth-order valence-corrected chi connectivity index (χ4v) is 3.18. The number of rotatable bonds is 12. The lowest BCUT2D eigenvalue weighted by Gasteiger charge is -2.25. The highest BCUT2D eigenvalue weighted by molar-refractivity contribution is 5.89. The lowest BCUT2D eigenvalue weighted by molar-refractivity contribution is -0.168. The van der Waals surface area contributed by atoms with Crippen LogP contribution in [0.5, 0.6) is 0 Å². The van der Waals surface area contributed by atoms with Gasteiger partial charge < -0.3 is 34.6 Å². The molecular formula is C25H42O13. The molecule has 0 bridgehead atoms. The molecule has 1 fully saturated rings. The summed E-state index contributed by atoms with van der Waals surface area (Å²) in [6.07, 6.45) is 0.265. The molecule has 0 saturated carbocycles. The molecule has 0 aromatic carbocycles. The Bertz CT molecular complexity index is 748. The Kier molecular flexibility index (Phi) is 17.0. The van der Waals surface area contributed by atoms with Gasteiger partial charge >= 0.3 is 35.8 Å². The van der Waals surface area contributed by atoms with E-state index < -0.39 is 46.6 Å². The number of aliphatic hydroxyl groups excluding tert-OH is 2. The number of cyclic esters (lactones) is 2. The highest BCUT2D eigenvalue weighted by Crippen LogP contribution is 2.29. The van der Waals surface area contributed by atoms with Gasteiger partial charge in [-0.25, -0.2) is 0 Å². The zero-order valence-electron chi connectivity index (χ0n) is 23.0. The second-order valence-corrected chi connectivity index (χ2v) is 11.1. The molecule has 0 aromatic rings. The van der Waals surface area contributed by atoms with Crippen LogP contribution in [0.3, 0.4) is 0 Å². The van der Waals surface area contributed by atoms with Crippen LogP contribution in [0.2, 0.25) is 0 Å². The number of hydrogen-bond donors (Lipinski definition) is 4. The van der Waals surface area contributed by atoms with Gasteiger partial charge in [-0.15, -0.1) is 0 Å². The highest BCUT2D eigenvalue weighted by atomic mass is 16.6. The van der Waals surface area contributed by atoms with Crippen molar-refractivity contribution in [3.05, 3.63) is 0 Å². The van der Waals surface area contributed by atoms with E-state index in [2.05, 4.69) is 4.74 Å². The van der Waals surface area contributed by atoms with Crippen LogP contribution >= 0.6 is 0 Å². The van der Waals surface area contributed by atoms with Crippen molar-refractivity contribution < 1.29 is 63.4 Å². The van der Waals surface area contributed by atoms with Gasteiger partial charge in [-0.3, -0.25) is 28.8 Å². The van der Waals surface area contributed by atoms with Crippen molar-refractivity contribution >= 4 is 35.8 Å². The van der Waals surface area contributed by atoms with Crippen molar-refractivity contribution in [1.82, 2.24) is 0 Å². The van der Waals surface area contributed by atoms with E-state index in [1.807, 2.05) is 13.8 Å². The largest absolute Gasteiger partial charge is 0.481 e. The van der Waals surface area contributed by atoms with Crippen molar-refractivity contribution in [2.24, 2.45) is 16.2 Å². The van der Waals surface area contributed by atoms with E-state index in [0.29, 0.717) is 12.8 Å². The summed E-state index contributed by atoms with van der Waals surface area (Å²) in [6, 6.07) is 0. The summed E-state index contributed by atoms with van der Waals surface area (Å²) in [7, 11) is 0. The summed E-state index contributed by atoms with van der Waals surface area (Å²) in [5.74, 6) is -3.93. The third-order valence-corrected chi connectivity index (χ3v) is 4.69. The molecule has 1 heterocycles. The molecule has 0 aromatic heterocycles. The van der Waals surface area contributed by atoms with Gasteiger partial charge in [0.15, 0.2) is 0 Å². The first-order valence-electron chi connectivity index (χ1n) is 11.9. The first-order valence-corrected chi connectivity index (χ1v) is 11.9. The average Bonchev–Trinajstić information content (AvgIpc) is 2.67. The third kappa shape index (κ3) is 22.2. The molecule has 1 aliphatic heterocycles. The maximum atomic E-state index is 11.6. The zero-order valence-corrected chi connectivity index (χ0v) is 23.0. The van der Waals surface area contributed by atoms with Crippen LogP contribution in [-0.4, -0.2) is 82.7 Å². The number of aliphatic hydroxyl groups is 2. The Morgan fingerprint density at radius 1 is 0.737 bits per heavy atom. The summed E-state index contributed by atoms with van der Waals surface area (Å²) in [5.41, 5.74) is -1.65. The molecule has 0 spiro atoms. The predicted molar refractivity (Wildman–Crippen MR) is 132 cm³/mol.